The zero-order chi connectivity index (χ0) is 23.5. The summed E-state index contributed by atoms with van der Waals surface area (Å²) in [4.78, 5) is 15.1. The number of carbonyl (C=O) groups is 1. The third-order valence-corrected chi connectivity index (χ3v) is 6.75. The third-order valence-electron chi connectivity index (χ3n) is 6.26. The quantitative estimate of drug-likeness (QED) is 0.593. The van der Waals surface area contributed by atoms with E-state index in [2.05, 4.69) is 22.0 Å². The van der Waals surface area contributed by atoms with E-state index in [1.54, 1.807) is 24.3 Å². The van der Waals surface area contributed by atoms with Gasteiger partial charge in [-0.2, -0.15) is 5.26 Å². The molecule has 0 spiro atoms. The van der Waals surface area contributed by atoms with Crippen molar-refractivity contribution < 1.29 is 18.7 Å². The lowest BCUT2D eigenvalue weighted by molar-refractivity contribution is -0.118. The van der Waals surface area contributed by atoms with Crippen molar-refractivity contribution in [3.63, 3.8) is 0 Å². The average Bonchev–Trinajstić information content (AvgIpc) is 3.21. The Labute approximate surface area is 199 Å². The molecule has 2 aliphatic heterocycles. The Balaban J connectivity index is 1.76. The van der Waals surface area contributed by atoms with Gasteiger partial charge in [-0.05, 0) is 47.7 Å². The molecule has 0 aromatic heterocycles. The molecule has 5 rings (SSSR count). The summed E-state index contributed by atoms with van der Waals surface area (Å²) in [6, 6.07) is 12.2. The largest absolute Gasteiger partial charge is 0.454 e. The molecule has 1 atom stereocenters. The number of benzene rings is 2. The second kappa shape index (κ2) is 7.63. The molecule has 1 unspecified atom stereocenters. The maximum atomic E-state index is 15.1. The van der Waals surface area contributed by atoms with Crippen LogP contribution >= 0.6 is 15.9 Å². The number of carbonyl (C=O) groups excluding carboxylic acids is 1. The summed E-state index contributed by atoms with van der Waals surface area (Å²) in [5.74, 6) is 0.0216. The van der Waals surface area contributed by atoms with Crippen LogP contribution in [0.15, 0.2) is 63.5 Å². The molecule has 1 aliphatic carbocycles. The summed E-state index contributed by atoms with van der Waals surface area (Å²) in [5.41, 5.74) is 8.41. The van der Waals surface area contributed by atoms with Gasteiger partial charge in [-0.15, -0.1) is 0 Å². The Morgan fingerprint density at radius 1 is 1.18 bits per heavy atom. The molecule has 168 valence electrons. The summed E-state index contributed by atoms with van der Waals surface area (Å²) >= 11 is 3.28. The summed E-state index contributed by atoms with van der Waals surface area (Å²) < 4.78 is 26.6. The van der Waals surface area contributed by atoms with Gasteiger partial charge in [0.1, 0.15) is 11.6 Å². The normalized spacial score (nSPS) is 21.2. The van der Waals surface area contributed by atoms with Crippen LogP contribution < -0.4 is 20.1 Å². The number of hydrogen-bond donors (Lipinski definition) is 1. The predicted octanol–water partition coefficient (Wildman–Crippen LogP) is 5.26. The molecule has 0 amide bonds. The van der Waals surface area contributed by atoms with Gasteiger partial charge in [0.2, 0.25) is 6.79 Å². The third kappa shape index (κ3) is 3.47. The van der Waals surface area contributed by atoms with Crippen molar-refractivity contribution in [1.29, 1.82) is 5.26 Å². The zero-order valence-corrected chi connectivity index (χ0v) is 19.7. The van der Waals surface area contributed by atoms with E-state index in [1.165, 1.54) is 11.0 Å². The lowest BCUT2D eigenvalue weighted by Crippen LogP contribution is -2.42. The predicted molar refractivity (Wildman–Crippen MR) is 124 cm³/mol. The van der Waals surface area contributed by atoms with E-state index < -0.39 is 11.7 Å². The molecule has 0 radical (unpaired) electrons. The first-order chi connectivity index (χ1) is 15.7. The molecule has 33 heavy (non-hydrogen) atoms. The van der Waals surface area contributed by atoms with E-state index in [9.17, 15) is 10.1 Å². The van der Waals surface area contributed by atoms with Crippen LogP contribution in [0.3, 0.4) is 0 Å². The van der Waals surface area contributed by atoms with E-state index in [4.69, 9.17) is 15.2 Å². The second-order valence-electron chi connectivity index (χ2n) is 9.19. The monoisotopic (exact) mass is 509 g/mol. The number of nitrogens with two attached hydrogens (primary N) is 1. The number of anilines is 1. The van der Waals surface area contributed by atoms with E-state index in [0.717, 1.165) is 0 Å². The highest BCUT2D eigenvalue weighted by molar-refractivity contribution is 9.10. The first-order valence-corrected chi connectivity index (χ1v) is 11.3. The molecule has 6 nitrogen and oxygen atoms in total. The molecule has 2 N–H and O–H groups in total. The first-order valence-electron chi connectivity index (χ1n) is 10.5. The SMILES string of the molecule is CC1(C)CC(=O)C2=C(C1)N(c1ccc(Br)cc1F)C(N)=C(C#N)C2c1ccc2c(c1)OCO2. The summed E-state index contributed by atoms with van der Waals surface area (Å²) in [7, 11) is 0. The van der Waals surface area contributed by atoms with E-state index >= 15 is 4.39 Å². The maximum absolute atomic E-state index is 15.1. The molecule has 8 heteroatoms. The topological polar surface area (TPSA) is 88.6 Å². The Bertz CT molecular complexity index is 1310. The molecule has 2 aromatic carbocycles. The van der Waals surface area contributed by atoms with Crippen LogP contribution in [0, 0.1) is 22.6 Å². The second-order valence-corrected chi connectivity index (χ2v) is 10.1. The van der Waals surface area contributed by atoms with Crippen molar-refractivity contribution in [2.45, 2.75) is 32.6 Å². The van der Waals surface area contributed by atoms with Crippen molar-refractivity contribution in [2.24, 2.45) is 11.1 Å². The van der Waals surface area contributed by atoms with Gasteiger partial charge in [0, 0.05) is 22.2 Å². The number of fused-ring (bicyclic) bond motifs is 1. The molecule has 0 fully saturated rings. The van der Waals surface area contributed by atoms with Gasteiger partial charge in [0.25, 0.3) is 0 Å². The molecule has 0 saturated carbocycles. The van der Waals surface area contributed by atoms with Gasteiger partial charge in [-0.25, -0.2) is 4.39 Å². The van der Waals surface area contributed by atoms with Crippen molar-refractivity contribution in [1.82, 2.24) is 0 Å². The number of halogens is 2. The van der Waals surface area contributed by atoms with Gasteiger partial charge >= 0.3 is 0 Å². The van der Waals surface area contributed by atoms with Crippen LogP contribution in [-0.4, -0.2) is 12.6 Å². The number of nitrogens with zero attached hydrogens (tertiary/aromatic N) is 2. The fourth-order valence-corrected chi connectivity index (χ4v) is 5.21. The highest BCUT2D eigenvalue weighted by atomic mass is 79.9. The smallest absolute Gasteiger partial charge is 0.231 e. The minimum absolute atomic E-state index is 0.0771. The summed E-state index contributed by atoms with van der Waals surface area (Å²) in [6.07, 6.45) is 0.826. The average molecular weight is 510 g/mol. The molecular weight excluding hydrogens is 489 g/mol. The van der Waals surface area contributed by atoms with Crippen LogP contribution in [0.5, 0.6) is 11.5 Å². The Morgan fingerprint density at radius 2 is 1.94 bits per heavy atom. The maximum Gasteiger partial charge on any atom is 0.231 e. The number of allylic oxidation sites excluding steroid dienone is 3. The first kappa shape index (κ1) is 21.5. The Hall–Kier alpha value is -3.31. The van der Waals surface area contributed by atoms with E-state index in [1.807, 2.05) is 19.9 Å². The highest BCUT2D eigenvalue weighted by Gasteiger charge is 2.45. The lowest BCUT2D eigenvalue weighted by Gasteiger charge is -2.43. The standard InChI is InChI=1S/C25H21BrFN3O3/c1-25(2)9-18-23(19(31)10-25)22(13-3-6-20-21(7-13)33-12-32-20)15(11-28)24(29)30(18)17-5-4-14(26)8-16(17)27/h3-8,22H,9-10,12,29H2,1-2H3. The number of nitriles is 1. The Kier molecular flexibility index (Phi) is 4.98. The molecule has 0 saturated heterocycles. The number of ketones is 1. The minimum Gasteiger partial charge on any atom is -0.454 e. The van der Waals surface area contributed by atoms with E-state index in [-0.39, 0.29) is 35.1 Å². The van der Waals surface area contributed by atoms with Crippen molar-refractivity contribution >= 4 is 27.4 Å². The van der Waals surface area contributed by atoms with Crippen LogP contribution in [0.4, 0.5) is 10.1 Å². The van der Waals surface area contributed by atoms with Crippen LogP contribution in [0.1, 0.15) is 38.2 Å². The van der Waals surface area contributed by atoms with Crippen LogP contribution in [-0.2, 0) is 4.79 Å². The number of rotatable bonds is 2. The molecule has 2 heterocycles. The summed E-state index contributed by atoms with van der Waals surface area (Å²) in [6.45, 7) is 4.12. The molecule has 0 bridgehead atoms. The van der Waals surface area contributed by atoms with Gasteiger partial charge < -0.3 is 15.2 Å². The zero-order valence-electron chi connectivity index (χ0n) is 18.1. The fourth-order valence-electron chi connectivity index (χ4n) is 4.87. The lowest BCUT2D eigenvalue weighted by atomic mass is 9.68. The highest BCUT2D eigenvalue weighted by Crippen LogP contribution is 2.51. The number of ether oxygens (including phenoxy) is 2. The van der Waals surface area contributed by atoms with Gasteiger partial charge in [-0.3, -0.25) is 9.69 Å². The van der Waals surface area contributed by atoms with Crippen molar-refractivity contribution in [2.75, 3.05) is 11.7 Å². The molecular formula is C25H21BrFN3O3. The minimum atomic E-state index is -0.669. The van der Waals surface area contributed by atoms with Crippen LogP contribution in [0.2, 0.25) is 0 Å². The number of Topliss-reactive ketones (excluding diaryl/α,β-unsaturated/α-hetero) is 1. The molecule has 2 aromatic rings. The van der Waals surface area contributed by atoms with Crippen LogP contribution in [0.25, 0.3) is 0 Å². The summed E-state index contributed by atoms with van der Waals surface area (Å²) in [5, 5.41) is 10.1. The van der Waals surface area contributed by atoms with Crippen molar-refractivity contribution in [3.8, 4) is 17.6 Å². The Morgan fingerprint density at radius 3 is 2.67 bits per heavy atom. The molecule has 3 aliphatic rings. The van der Waals surface area contributed by atoms with Crippen molar-refractivity contribution in [3.05, 3.63) is 74.9 Å². The number of hydrogen-bond acceptors (Lipinski definition) is 6. The van der Waals surface area contributed by atoms with Gasteiger partial charge in [0.15, 0.2) is 17.3 Å². The van der Waals surface area contributed by atoms with Gasteiger partial charge in [-0.1, -0.05) is 35.8 Å². The fraction of sp³-hybridized carbons (Fsp3) is 0.280. The van der Waals surface area contributed by atoms with Gasteiger partial charge in [0.05, 0.1) is 23.2 Å². The van der Waals surface area contributed by atoms with E-state index in [0.29, 0.717) is 45.6 Å².